The lowest BCUT2D eigenvalue weighted by Gasteiger charge is -2.43. The zero-order valence-electron chi connectivity index (χ0n) is 11.7. The first-order valence-electron chi connectivity index (χ1n) is 7.37. The van der Waals surface area contributed by atoms with Gasteiger partial charge in [-0.1, -0.05) is 12.1 Å². The van der Waals surface area contributed by atoms with Crippen molar-refractivity contribution in [3.63, 3.8) is 0 Å². The third-order valence-corrected chi connectivity index (χ3v) is 5.21. The minimum absolute atomic E-state index is 0.0974. The van der Waals surface area contributed by atoms with E-state index in [4.69, 9.17) is 0 Å². The summed E-state index contributed by atoms with van der Waals surface area (Å²) in [5.74, 6) is 0.867. The molecule has 0 aromatic heterocycles. The molecule has 1 aromatic rings. The Labute approximate surface area is 124 Å². The molecule has 1 aromatic carbocycles. The first-order valence-corrected chi connectivity index (χ1v) is 8.36. The van der Waals surface area contributed by atoms with E-state index in [-0.39, 0.29) is 5.82 Å². The molecule has 1 N–H and O–H groups in total. The molecule has 0 atom stereocenters. The Balaban J connectivity index is 1.36. The molecule has 110 valence electrons. The number of nitrogens with one attached hydrogen (secondary N) is 1. The maximum Gasteiger partial charge on any atom is 0.136 e. The standard InChI is InChI=1S/C15H22FN3S/c16-14-3-1-2-4-15(14)20-10-9-18-5-7-19(8-6-18)13-11-17-12-13/h1-4,13,17H,5-12H2. The lowest BCUT2D eigenvalue weighted by atomic mass is 10.1. The second kappa shape index (κ2) is 6.89. The number of hydrogen-bond donors (Lipinski definition) is 1. The fourth-order valence-corrected chi connectivity index (χ4v) is 3.68. The number of piperazine rings is 1. The van der Waals surface area contributed by atoms with Crippen molar-refractivity contribution < 1.29 is 4.39 Å². The van der Waals surface area contributed by atoms with Gasteiger partial charge in [0.1, 0.15) is 5.82 Å². The van der Waals surface area contributed by atoms with Crippen LogP contribution in [0.15, 0.2) is 29.2 Å². The van der Waals surface area contributed by atoms with E-state index in [9.17, 15) is 4.39 Å². The summed E-state index contributed by atoms with van der Waals surface area (Å²) in [7, 11) is 0. The molecular formula is C15H22FN3S. The molecule has 0 radical (unpaired) electrons. The average molecular weight is 295 g/mol. The Morgan fingerprint density at radius 2 is 1.90 bits per heavy atom. The fraction of sp³-hybridized carbons (Fsp3) is 0.600. The lowest BCUT2D eigenvalue weighted by Crippen LogP contribution is -2.61. The molecule has 0 saturated carbocycles. The molecule has 2 aliphatic rings. The van der Waals surface area contributed by atoms with E-state index in [2.05, 4.69) is 15.1 Å². The maximum absolute atomic E-state index is 13.5. The van der Waals surface area contributed by atoms with Gasteiger partial charge in [0.25, 0.3) is 0 Å². The largest absolute Gasteiger partial charge is 0.314 e. The van der Waals surface area contributed by atoms with Crippen molar-refractivity contribution in [2.75, 3.05) is 51.6 Å². The summed E-state index contributed by atoms with van der Waals surface area (Å²) in [5.41, 5.74) is 0. The predicted octanol–water partition coefficient (Wildman–Crippen LogP) is 1.51. The second-order valence-corrected chi connectivity index (χ2v) is 6.61. The van der Waals surface area contributed by atoms with Crippen LogP contribution in [0.3, 0.4) is 0 Å². The van der Waals surface area contributed by atoms with Crippen LogP contribution < -0.4 is 5.32 Å². The number of hydrogen-bond acceptors (Lipinski definition) is 4. The summed E-state index contributed by atoms with van der Waals surface area (Å²) in [5, 5.41) is 3.33. The van der Waals surface area contributed by atoms with Crippen LogP contribution in [0, 0.1) is 5.82 Å². The Kier molecular flexibility index (Phi) is 4.94. The molecule has 0 unspecified atom stereocenters. The lowest BCUT2D eigenvalue weighted by molar-refractivity contribution is 0.0759. The normalized spacial score (nSPS) is 21.9. The minimum atomic E-state index is -0.0974. The number of halogens is 1. The van der Waals surface area contributed by atoms with Crippen LogP contribution in [0.5, 0.6) is 0 Å². The van der Waals surface area contributed by atoms with Gasteiger partial charge in [0.2, 0.25) is 0 Å². The van der Waals surface area contributed by atoms with E-state index in [1.807, 2.05) is 12.1 Å². The fourth-order valence-electron chi connectivity index (χ4n) is 2.73. The SMILES string of the molecule is Fc1ccccc1SCCN1CCN(C2CNC2)CC1. The highest BCUT2D eigenvalue weighted by Gasteiger charge is 2.27. The Bertz CT molecular complexity index is 431. The molecule has 3 rings (SSSR count). The van der Waals surface area contributed by atoms with Crippen molar-refractivity contribution in [2.45, 2.75) is 10.9 Å². The monoisotopic (exact) mass is 295 g/mol. The van der Waals surface area contributed by atoms with E-state index in [0.717, 1.165) is 49.4 Å². The summed E-state index contributed by atoms with van der Waals surface area (Å²) in [6.45, 7) is 8.01. The number of thioether (sulfide) groups is 1. The second-order valence-electron chi connectivity index (χ2n) is 5.47. The molecule has 20 heavy (non-hydrogen) atoms. The van der Waals surface area contributed by atoms with Gasteiger partial charge < -0.3 is 5.32 Å². The first kappa shape index (κ1) is 14.3. The van der Waals surface area contributed by atoms with E-state index in [1.54, 1.807) is 17.8 Å². The van der Waals surface area contributed by atoms with Gasteiger partial charge in [-0.05, 0) is 12.1 Å². The van der Waals surface area contributed by atoms with Crippen molar-refractivity contribution >= 4 is 11.8 Å². The maximum atomic E-state index is 13.5. The third-order valence-electron chi connectivity index (χ3n) is 4.18. The van der Waals surface area contributed by atoms with Gasteiger partial charge in [-0.15, -0.1) is 11.8 Å². The predicted molar refractivity (Wildman–Crippen MR) is 81.8 cm³/mol. The molecule has 5 heteroatoms. The molecule has 0 bridgehead atoms. The Hall–Kier alpha value is -0.620. The quantitative estimate of drug-likeness (QED) is 0.830. The van der Waals surface area contributed by atoms with Crippen LogP contribution in [-0.2, 0) is 0 Å². The highest BCUT2D eigenvalue weighted by atomic mass is 32.2. The molecule has 3 nitrogen and oxygen atoms in total. The number of nitrogens with zero attached hydrogens (tertiary/aromatic N) is 2. The highest BCUT2D eigenvalue weighted by Crippen LogP contribution is 2.21. The molecular weight excluding hydrogens is 273 g/mol. The molecule has 0 spiro atoms. The molecule has 0 amide bonds. The molecule has 2 saturated heterocycles. The van der Waals surface area contributed by atoms with Gasteiger partial charge in [-0.3, -0.25) is 9.80 Å². The first-order chi connectivity index (χ1) is 9.83. The van der Waals surface area contributed by atoms with Gasteiger partial charge in [0.05, 0.1) is 0 Å². The van der Waals surface area contributed by atoms with Crippen molar-refractivity contribution in [3.05, 3.63) is 30.1 Å². The summed E-state index contributed by atoms with van der Waals surface area (Å²) in [6, 6.07) is 7.81. The van der Waals surface area contributed by atoms with Gasteiger partial charge in [-0.25, -0.2) is 4.39 Å². The van der Waals surface area contributed by atoms with Crippen LogP contribution in [0.4, 0.5) is 4.39 Å². The van der Waals surface area contributed by atoms with Crippen LogP contribution >= 0.6 is 11.8 Å². The highest BCUT2D eigenvalue weighted by molar-refractivity contribution is 7.99. The van der Waals surface area contributed by atoms with Crippen molar-refractivity contribution in [1.29, 1.82) is 0 Å². The molecule has 0 aliphatic carbocycles. The third kappa shape index (κ3) is 3.52. The summed E-state index contributed by atoms with van der Waals surface area (Å²) < 4.78 is 13.5. The molecule has 2 fully saturated rings. The van der Waals surface area contributed by atoms with Gasteiger partial charge >= 0.3 is 0 Å². The van der Waals surface area contributed by atoms with Gasteiger partial charge in [0, 0.05) is 62.5 Å². The van der Waals surface area contributed by atoms with Gasteiger partial charge in [0.15, 0.2) is 0 Å². The van der Waals surface area contributed by atoms with Crippen LogP contribution in [0.2, 0.25) is 0 Å². The Morgan fingerprint density at radius 3 is 2.55 bits per heavy atom. The van der Waals surface area contributed by atoms with E-state index in [0.29, 0.717) is 0 Å². The van der Waals surface area contributed by atoms with E-state index in [1.165, 1.54) is 19.2 Å². The number of rotatable bonds is 5. The van der Waals surface area contributed by atoms with E-state index >= 15 is 0 Å². The summed E-state index contributed by atoms with van der Waals surface area (Å²) in [4.78, 5) is 5.86. The zero-order valence-corrected chi connectivity index (χ0v) is 12.5. The van der Waals surface area contributed by atoms with Crippen molar-refractivity contribution in [1.82, 2.24) is 15.1 Å². The summed E-state index contributed by atoms with van der Waals surface area (Å²) >= 11 is 1.62. The average Bonchev–Trinajstić information content (AvgIpc) is 2.41. The smallest absolute Gasteiger partial charge is 0.136 e. The summed E-state index contributed by atoms with van der Waals surface area (Å²) in [6.07, 6.45) is 0. The number of benzene rings is 1. The van der Waals surface area contributed by atoms with Crippen LogP contribution in [0.1, 0.15) is 0 Å². The molecule has 2 aliphatic heterocycles. The van der Waals surface area contributed by atoms with Crippen LogP contribution in [-0.4, -0.2) is 67.4 Å². The van der Waals surface area contributed by atoms with E-state index < -0.39 is 0 Å². The van der Waals surface area contributed by atoms with Crippen LogP contribution in [0.25, 0.3) is 0 Å². The van der Waals surface area contributed by atoms with Crippen molar-refractivity contribution in [3.8, 4) is 0 Å². The molecule has 2 heterocycles. The minimum Gasteiger partial charge on any atom is -0.314 e. The topological polar surface area (TPSA) is 18.5 Å². The van der Waals surface area contributed by atoms with Gasteiger partial charge in [-0.2, -0.15) is 0 Å². The Morgan fingerprint density at radius 1 is 1.15 bits per heavy atom. The zero-order chi connectivity index (χ0) is 13.8. The van der Waals surface area contributed by atoms with Crippen molar-refractivity contribution in [2.24, 2.45) is 0 Å².